The predicted molar refractivity (Wildman–Crippen MR) is 71.7 cm³/mol. The number of aromatic nitrogens is 4. The first-order chi connectivity index (χ1) is 9.15. The lowest BCUT2D eigenvalue weighted by atomic mass is 10.3. The first-order valence-corrected chi connectivity index (χ1v) is 7.68. The van der Waals surface area contributed by atoms with E-state index in [2.05, 4.69) is 15.5 Å². The van der Waals surface area contributed by atoms with E-state index in [1.165, 1.54) is 11.3 Å². The van der Waals surface area contributed by atoms with E-state index < -0.39 is 5.97 Å². The van der Waals surface area contributed by atoms with E-state index in [1.807, 2.05) is 11.6 Å². The third kappa shape index (κ3) is 2.64. The molecule has 0 aromatic carbocycles. The van der Waals surface area contributed by atoms with Crippen molar-refractivity contribution in [3.63, 3.8) is 0 Å². The fourth-order valence-corrected chi connectivity index (χ4v) is 3.71. The fraction of sp³-hybridized carbons (Fsp3) is 0.455. The second kappa shape index (κ2) is 4.93. The highest BCUT2D eigenvalue weighted by Crippen LogP contribution is 2.37. The minimum Gasteiger partial charge on any atom is -0.477 e. The number of thiophene rings is 1. The number of tetrazole rings is 1. The first kappa shape index (κ1) is 12.6. The lowest BCUT2D eigenvalue weighted by Gasteiger charge is -2.01. The summed E-state index contributed by atoms with van der Waals surface area (Å²) in [4.78, 5) is 12.3. The Morgan fingerprint density at radius 3 is 3.05 bits per heavy atom. The van der Waals surface area contributed by atoms with Gasteiger partial charge in [0.1, 0.15) is 4.88 Å². The number of hydrogen-bond donors (Lipinski definition) is 1. The van der Waals surface area contributed by atoms with Crippen molar-refractivity contribution in [2.75, 3.05) is 0 Å². The van der Waals surface area contributed by atoms with Gasteiger partial charge < -0.3 is 5.11 Å². The molecule has 2 heterocycles. The van der Waals surface area contributed by atoms with Crippen LogP contribution in [-0.4, -0.2) is 31.3 Å². The quantitative estimate of drug-likeness (QED) is 0.853. The van der Waals surface area contributed by atoms with E-state index in [0.29, 0.717) is 16.7 Å². The van der Waals surface area contributed by atoms with Crippen LogP contribution in [0.3, 0.4) is 0 Å². The number of thioether (sulfide) groups is 1. The lowest BCUT2D eigenvalue weighted by Crippen LogP contribution is -1.98. The monoisotopic (exact) mass is 296 g/mol. The van der Waals surface area contributed by atoms with E-state index in [9.17, 15) is 4.79 Å². The van der Waals surface area contributed by atoms with Gasteiger partial charge in [-0.2, -0.15) is 0 Å². The summed E-state index contributed by atoms with van der Waals surface area (Å²) in [6.07, 6.45) is 2.28. The number of aryl methyl sites for hydroxylation is 1. The number of carbonyl (C=O) groups is 1. The Hall–Kier alpha value is -1.41. The van der Waals surface area contributed by atoms with Crippen LogP contribution < -0.4 is 0 Å². The Balaban J connectivity index is 1.71. The Morgan fingerprint density at radius 2 is 2.42 bits per heavy atom. The van der Waals surface area contributed by atoms with Crippen LogP contribution in [0.25, 0.3) is 0 Å². The fourth-order valence-electron chi connectivity index (χ4n) is 1.74. The Kier molecular flexibility index (Phi) is 3.28. The first-order valence-electron chi connectivity index (χ1n) is 5.88. The van der Waals surface area contributed by atoms with E-state index in [1.54, 1.807) is 17.8 Å². The second-order valence-corrected chi connectivity index (χ2v) is 6.62. The van der Waals surface area contributed by atoms with Crippen molar-refractivity contribution >= 4 is 29.1 Å². The molecule has 1 N–H and O–H groups in total. The van der Waals surface area contributed by atoms with Gasteiger partial charge in [-0.15, -0.1) is 16.4 Å². The maximum Gasteiger partial charge on any atom is 0.345 e. The van der Waals surface area contributed by atoms with Gasteiger partial charge in [-0.05, 0) is 41.8 Å². The van der Waals surface area contributed by atoms with Gasteiger partial charge in [0.05, 0.1) is 6.04 Å². The molecular weight excluding hydrogens is 284 g/mol. The van der Waals surface area contributed by atoms with Crippen molar-refractivity contribution in [1.82, 2.24) is 20.2 Å². The van der Waals surface area contributed by atoms with Crippen LogP contribution >= 0.6 is 23.1 Å². The third-order valence-corrected chi connectivity index (χ3v) is 5.01. The van der Waals surface area contributed by atoms with E-state index >= 15 is 0 Å². The summed E-state index contributed by atoms with van der Waals surface area (Å²) >= 11 is 2.87. The summed E-state index contributed by atoms with van der Waals surface area (Å²) in [5.74, 6) is -0.171. The summed E-state index contributed by atoms with van der Waals surface area (Å²) in [5.41, 5.74) is 1.04. The van der Waals surface area contributed by atoms with Crippen molar-refractivity contribution in [3.05, 3.63) is 21.4 Å². The maximum absolute atomic E-state index is 10.9. The third-order valence-electron chi connectivity index (χ3n) is 2.94. The molecule has 0 unspecified atom stereocenters. The van der Waals surface area contributed by atoms with Crippen LogP contribution in [0.4, 0.5) is 0 Å². The molecule has 0 radical (unpaired) electrons. The molecule has 0 spiro atoms. The predicted octanol–water partition coefficient (Wildman–Crippen LogP) is 2.37. The van der Waals surface area contributed by atoms with Crippen molar-refractivity contribution in [3.8, 4) is 0 Å². The van der Waals surface area contributed by atoms with Crippen LogP contribution in [0, 0.1) is 6.92 Å². The molecule has 8 heteroatoms. The molecule has 0 atom stereocenters. The van der Waals surface area contributed by atoms with Crippen LogP contribution in [0.1, 0.15) is 39.0 Å². The zero-order chi connectivity index (χ0) is 13.4. The van der Waals surface area contributed by atoms with E-state index in [4.69, 9.17) is 5.11 Å². The van der Waals surface area contributed by atoms with Gasteiger partial charge in [-0.3, -0.25) is 0 Å². The highest BCUT2D eigenvalue weighted by Gasteiger charge is 2.28. The molecule has 1 fully saturated rings. The topological polar surface area (TPSA) is 80.9 Å². The number of carboxylic acids is 1. The Labute approximate surface area is 117 Å². The van der Waals surface area contributed by atoms with Crippen LogP contribution in [0.5, 0.6) is 0 Å². The van der Waals surface area contributed by atoms with Gasteiger partial charge in [-0.1, -0.05) is 11.8 Å². The summed E-state index contributed by atoms with van der Waals surface area (Å²) in [7, 11) is 0. The van der Waals surface area contributed by atoms with Gasteiger partial charge in [-0.25, -0.2) is 9.48 Å². The molecule has 2 aromatic heterocycles. The largest absolute Gasteiger partial charge is 0.477 e. The summed E-state index contributed by atoms with van der Waals surface area (Å²) in [6, 6.07) is 2.19. The maximum atomic E-state index is 10.9. The Morgan fingerprint density at radius 1 is 1.63 bits per heavy atom. The zero-order valence-electron chi connectivity index (χ0n) is 10.2. The number of hydrogen-bond acceptors (Lipinski definition) is 6. The highest BCUT2D eigenvalue weighted by atomic mass is 32.2. The molecule has 0 aliphatic heterocycles. The molecule has 100 valence electrons. The lowest BCUT2D eigenvalue weighted by molar-refractivity contribution is 0.0702. The van der Waals surface area contributed by atoms with Crippen LogP contribution in [-0.2, 0) is 5.75 Å². The molecule has 19 heavy (non-hydrogen) atoms. The second-order valence-electron chi connectivity index (χ2n) is 4.42. The smallest absolute Gasteiger partial charge is 0.345 e. The number of rotatable bonds is 5. The van der Waals surface area contributed by atoms with Crippen molar-refractivity contribution in [1.29, 1.82) is 0 Å². The van der Waals surface area contributed by atoms with Crippen molar-refractivity contribution in [2.45, 2.75) is 36.7 Å². The van der Waals surface area contributed by atoms with Gasteiger partial charge in [0.2, 0.25) is 5.16 Å². The normalized spacial score (nSPS) is 14.8. The molecular formula is C11H12N4O2S2. The van der Waals surface area contributed by atoms with E-state index in [0.717, 1.165) is 28.4 Å². The molecule has 1 aliphatic rings. The van der Waals surface area contributed by atoms with Gasteiger partial charge in [0.25, 0.3) is 0 Å². The molecule has 0 saturated heterocycles. The van der Waals surface area contributed by atoms with Crippen molar-refractivity contribution in [2.24, 2.45) is 0 Å². The highest BCUT2D eigenvalue weighted by molar-refractivity contribution is 7.98. The van der Waals surface area contributed by atoms with Crippen molar-refractivity contribution < 1.29 is 9.90 Å². The SMILES string of the molecule is Cc1sc(C(=O)O)cc1CSc1nnnn1C1CC1. The molecule has 2 aromatic rings. The molecule has 1 saturated carbocycles. The van der Waals surface area contributed by atoms with E-state index in [-0.39, 0.29) is 0 Å². The molecule has 1 aliphatic carbocycles. The molecule has 3 rings (SSSR count). The summed E-state index contributed by atoms with van der Waals surface area (Å²) in [5, 5.41) is 21.5. The number of nitrogens with zero attached hydrogens (tertiary/aromatic N) is 4. The Bertz CT molecular complexity index is 618. The summed E-state index contributed by atoms with van der Waals surface area (Å²) in [6.45, 7) is 1.94. The molecule has 6 nitrogen and oxygen atoms in total. The number of carboxylic acid groups (broad SMARTS) is 1. The minimum atomic E-state index is -0.868. The van der Waals surface area contributed by atoms with Crippen LogP contribution in [0.2, 0.25) is 0 Å². The van der Waals surface area contributed by atoms with Gasteiger partial charge in [0, 0.05) is 10.6 Å². The zero-order valence-corrected chi connectivity index (χ0v) is 11.9. The van der Waals surface area contributed by atoms with Crippen LogP contribution in [0.15, 0.2) is 11.2 Å². The minimum absolute atomic E-state index is 0.384. The number of aromatic carboxylic acids is 1. The summed E-state index contributed by atoms with van der Waals surface area (Å²) < 4.78 is 1.87. The van der Waals surface area contributed by atoms with Gasteiger partial charge >= 0.3 is 5.97 Å². The van der Waals surface area contributed by atoms with Gasteiger partial charge in [0.15, 0.2) is 0 Å². The average Bonchev–Trinajstić information content (AvgIpc) is 2.99. The molecule has 0 bridgehead atoms. The standard InChI is InChI=1S/C11H12N4O2S2/c1-6-7(4-9(19-6)10(16)17)5-18-11-12-13-14-15(11)8-2-3-8/h4,8H,2-3,5H2,1H3,(H,16,17). The average molecular weight is 296 g/mol. The molecule has 0 amide bonds.